The SMILES string of the molecule is CC(Oc1ccccc1)c1nnc(NC(=O)Nc2ccccc2F)s1. The second kappa shape index (κ2) is 7.71. The Morgan fingerprint density at radius 1 is 1.08 bits per heavy atom. The van der Waals surface area contributed by atoms with Crippen molar-refractivity contribution in [2.75, 3.05) is 10.6 Å². The van der Waals surface area contributed by atoms with Gasteiger partial charge in [0.2, 0.25) is 5.13 Å². The molecule has 1 atom stereocenters. The van der Waals surface area contributed by atoms with Crippen molar-refractivity contribution in [3.8, 4) is 5.75 Å². The van der Waals surface area contributed by atoms with Gasteiger partial charge in [-0.15, -0.1) is 10.2 Å². The molecule has 2 aromatic carbocycles. The summed E-state index contributed by atoms with van der Waals surface area (Å²) in [4.78, 5) is 11.9. The van der Waals surface area contributed by atoms with Gasteiger partial charge in [0.05, 0.1) is 5.69 Å². The number of carbonyl (C=O) groups excluding carboxylic acids is 1. The van der Waals surface area contributed by atoms with E-state index in [0.717, 1.165) is 5.75 Å². The predicted octanol–water partition coefficient (Wildman–Crippen LogP) is 4.46. The van der Waals surface area contributed by atoms with Gasteiger partial charge in [0.25, 0.3) is 0 Å². The van der Waals surface area contributed by atoms with Crippen molar-refractivity contribution in [3.63, 3.8) is 0 Å². The largest absolute Gasteiger partial charge is 0.483 e. The van der Waals surface area contributed by atoms with Crippen LogP contribution < -0.4 is 15.4 Å². The fourth-order valence-electron chi connectivity index (χ4n) is 2.02. The minimum atomic E-state index is -0.593. The summed E-state index contributed by atoms with van der Waals surface area (Å²) in [5.74, 6) is 0.206. The number of hydrogen-bond acceptors (Lipinski definition) is 5. The van der Waals surface area contributed by atoms with Gasteiger partial charge in [-0.05, 0) is 31.2 Å². The summed E-state index contributed by atoms with van der Waals surface area (Å²) in [5.41, 5.74) is 0.0884. The zero-order valence-corrected chi connectivity index (χ0v) is 14.1. The third kappa shape index (κ3) is 4.51. The van der Waals surface area contributed by atoms with Crippen molar-refractivity contribution in [2.24, 2.45) is 0 Å². The molecule has 0 fully saturated rings. The second-order valence-electron chi connectivity index (χ2n) is 5.08. The minimum absolute atomic E-state index is 0.0884. The van der Waals surface area contributed by atoms with Gasteiger partial charge in [-0.2, -0.15) is 0 Å². The Hall–Kier alpha value is -3.00. The Morgan fingerprint density at radius 3 is 2.56 bits per heavy atom. The number of urea groups is 1. The van der Waals surface area contributed by atoms with Gasteiger partial charge in [0, 0.05) is 0 Å². The fourth-order valence-corrected chi connectivity index (χ4v) is 2.74. The molecule has 128 valence electrons. The van der Waals surface area contributed by atoms with E-state index in [4.69, 9.17) is 4.74 Å². The lowest BCUT2D eigenvalue weighted by molar-refractivity contribution is 0.225. The van der Waals surface area contributed by atoms with Gasteiger partial charge in [0.1, 0.15) is 17.7 Å². The van der Waals surface area contributed by atoms with Crippen LogP contribution in [-0.4, -0.2) is 16.2 Å². The monoisotopic (exact) mass is 358 g/mol. The molecule has 0 spiro atoms. The number of nitrogens with one attached hydrogen (secondary N) is 2. The molecular weight excluding hydrogens is 343 g/mol. The van der Waals surface area contributed by atoms with Crippen molar-refractivity contribution < 1.29 is 13.9 Å². The molecular formula is C17H15FN4O2S. The van der Waals surface area contributed by atoms with E-state index in [1.807, 2.05) is 37.3 Å². The normalized spacial score (nSPS) is 11.6. The van der Waals surface area contributed by atoms with Crippen LogP contribution >= 0.6 is 11.3 Å². The Kier molecular flexibility index (Phi) is 5.20. The summed E-state index contributed by atoms with van der Waals surface area (Å²) >= 11 is 1.19. The van der Waals surface area contributed by atoms with Gasteiger partial charge in [-0.3, -0.25) is 5.32 Å². The quantitative estimate of drug-likeness (QED) is 0.706. The Morgan fingerprint density at radius 2 is 1.80 bits per heavy atom. The number of rotatable bonds is 5. The first kappa shape index (κ1) is 16.8. The Bertz CT molecular complexity index is 857. The van der Waals surface area contributed by atoms with Crippen LogP contribution in [0.5, 0.6) is 5.75 Å². The second-order valence-corrected chi connectivity index (χ2v) is 6.09. The van der Waals surface area contributed by atoms with Crippen molar-refractivity contribution in [1.29, 1.82) is 0 Å². The van der Waals surface area contributed by atoms with E-state index in [1.54, 1.807) is 12.1 Å². The summed E-state index contributed by atoms with van der Waals surface area (Å²) in [7, 11) is 0. The van der Waals surface area contributed by atoms with Crippen LogP contribution in [0.2, 0.25) is 0 Å². The molecule has 0 aliphatic heterocycles. The number of ether oxygens (including phenoxy) is 1. The van der Waals surface area contributed by atoms with Crippen molar-refractivity contribution in [1.82, 2.24) is 10.2 Å². The van der Waals surface area contributed by atoms with Gasteiger partial charge in [-0.1, -0.05) is 41.7 Å². The predicted molar refractivity (Wildman–Crippen MR) is 94.4 cm³/mol. The molecule has 3 rings (SSSR count). The molecule has 6 nitrogen and oxygen atoms in total. The number of halogens is 1. The third-order valence-electron chi connectivity index (χ3n) is 3.19. The van der Waals surface area contributed by atoms with Crippen LogP contribution in [0.15, 0.2) is 54.6 Å². The Balaban J connectivity index is 1.59. The first-order valence-electron chi connectivity index (χ1n) is 7.49. The van der Waals surface area contributed by atoms with Crippen LogP contribution in [0.25, 0.3) is 0 Å². The molecule has 8 heteroatoms. The highest BCUT2D eigenvalue weighted by Gasteiger charge is 2.15. The van der Waals surface area contributed by atoms with Gasteiger partial charge in [0.15, 0.2) is 5.01 Å². The van der Waals surface area contributed by atoms with Crippen LogP contribution in [0.1, 0.15) is 18.0 Å². The molecule has 1 unspecified atom stereocenters. The molecule has 0 aliphatic rings. The van der Waals surface area contributed by atoms with Crippen molar-refractivity contribution in [3.05, 3.63) is 65.4 Å². The third-order valence-corrected chi connectivity index (χ3v) is 4.19. The molecule has 2 N–H and O–H groups in total. The molecule has 1 aromatic heterocycles. The van der Waals surface area contributed by atoms with E-state index in [2.05, 4.69) is 20.8 Å². The fraction of sp³-hybridized carbons (Fsp3) is 0.118. The smallest absolute Gasteiger partial charge is 0.325 e. The number of carbonyl (C=O) groups is 1. The molecule has 0 bridgehead atoms. The average Bonchev–Trinajstić information content (AvgIpc) is 3.06. The lowest BCUT2D eigenvalue weighted by Gasteiger charge is -2.11. The maximum Gasteiger partial charge on any atom is 0.325 e. The number of aromatic nitrogens is 2. The number of hydrogen-bond donors (Lipinski definition) is 2. The number of benzene rings is 2. The molecule has 0 aliphatic carbocycles. The summed E-state index contributed by atoms with van der Waals surface area (Å²) in [5, 5.41) is 13.8. The highest BCUT2D eigenvalue weighted by molar-refractivity contribution is 7.15. The lowest BCUT2D eigenvalue weighted by atomic mass is 10.3. The Labute approximate surface area is 147 Å². The summed E-state index contributed by atoms with van der Waals surface area (Å²) in [6.07, 6.45) is -0.315. The van der Waals surface area contributed by atoms with E-state index in [1.165, 1.54) is 23.5 Å². The molecule has 3 aromatic rings. The number of amides is 2. The van der Waals surface area contributed by atoms with Crippen LogP contribution in [0.4, 0.5) is 20.0 Å². The minimum Gasteiger partial charge on any atom is -0.483 e. The topological polar surface area (TPSA) is 76.1 Å². The van der Waals surface area contributed by atoms with Gasteiger partial charge >= 0.3 is 6.03 Å². The van der Waals surface area contributed by atoms with E-state index in [9.17, 15) is 9.18 Å². The van der Waals surface area contributed by atoms with E-state index in [-0.39, 0.29) is 11.8 Å². The van der Waals surface area contributed by atoms with E-state index in [0.29, 0.717) is 10.1 Å². The zero-order chi connectivity index (χ0) is 17.6. The number of anilines is 2. The highest BCUT2D eigenvalue weighted by atomic mass is 32.1. The molecule has 0 saturated carbocycles. The summed E-state index contributed by atoms with van der Waals surface area (Å²) < 4.78 is 19.3. The first-order chi connectivity index (χ1) is 12.1. The number of para-hydroxylation sites is 2. The maximum atomic E-state index is 13.5. The highest BCUT2D eigenvalue weighted by Crippen LogP contribution is 2.26. The summed E-state index contributed by atoms with van der Waals surface area (Å²) in [6.45, 7) is 1.84. The van der Waals surface area contributed by atoms with E-state index >= 15 is 0 Å². The van der Waals surface area contributed by atoms with Crippen LogP contribution in [0, 0.1) is 5.82 Å². The van der Waals surface area contributed by atoms with E-state index < -0.39 is 11.8 Å². The van der Waals surface area contributed by atoms with Crippen molar-refractivity contribution in [2.45, 2.75) is 13.0 Å². The molecule has 0 radical (unpaired) electrons. The standard InChI is InChI=1S/C17H15FN4O2S/c1-11(24-12-7-3-2-4-8-12)15-21-22-17(25-15)20-16(23)19-14-10-6-5-9-13(14)18/h2-11H,1H3,(H2,19,20,22,23). The van der Waals surface area contributed by atoms with Crippen LogP contribution in [0.3, 0.4) is 0 Å². The lowest BCUT2D eigenvalue weighted by Crippen LogP contribution is -2.19. The van der Waals surface area contributed by atoms with Crippen molar-refractivity contribution >= 4 is 28.2 Å². The van der Waals surface area contributed by atoms with Gasteiger partial charge < -0.3 is 10.1 Å². The van der Waals surface area contributed by atoms with Crippen LogP contribution in [-0.2, 0) is 0 Å². The molecule has 25 heavy (non-hydrogen) atoms. The molecule has 0 saturated heterocycles. The first-order valence-corrected chi connectivity index (χ1v) is 8.31. The van der Waals surface area contributed by atoms with Gasteiger partial charge in [-0.25, -0.2) is 9.18 Å². The number of nitrogens with zero attached hydrogens (tertiary/aromatic N) is 2. The molecule has 2 amide bonds. The summed E-state index contributed by atoms with van der Waals surface area (Å²) in [6, 6.07) is 14.7. The zero-order valence-electron chi connectivity index (χ0n) is 13.3. The molecule has 1 heterocycles. The maximum absolute atomic E-state index is 13.5. The average molecular weight is 358 g/mol.